The lowest BCUT2D eigenvalue weighted by Crippen LogP contribution is -2.28. The summed E-state index contributed by atoms with van der Waals surface area (Å²) in [4.78, 5) is 4.26. The van der Waals surface area contributed by atoms with Gasteiger partial charge in [-0.2, -0.15) is 0 Å². The van der Waals surface area contributed by atoms with E-state index in [2.05, 4.69) is 62.7 Å². The third-order valence-electron chi connectivity index (χ3n) is 2.86. The van der Waals surface area contributed by atoms with E-state index in [0.717, 1.165) is 15.9 Å². The molecule has 3 nitrogen and oxygen atoms in total. The van der Waals surface area contributed by atoms with Gasteiger partial charge in [0.05, 0.1) is 0 Å². The Morgan fingerprint density at radius 2 is 1.95 bits per heavy atom. The monoisotopic (exact) mass is 349 g/mol. The van der Waals surface area contributed by atoms with Crippen LogP contribution in [0.15, 0.2) is 41.0 Å². The Morgan fingerprint density at radius 1 is 1.25 bits per heavy atom. The zero-order valence-corrected chi connectivity index (χ0v) is 13.8. The molecule has 0 fully saturated rings. The van der Waals surface area contributed by atoms with Crippen LogP contribution in [0.3, 0.4) is 0 Å². The molecule has 2 rings (SSSR count). The summed E-state index contributed by atoms with van der Waals surface area (Å²) in [7, 11) is 0. The van der Waals surface area contributed by atoms with Gasteiger partial charge in [0, 0.05) is 17.2 Å². The van der Waals surface area contributed by atoms with Crippen molar-refractivity contribution < 1.29 is 0 Å². The molecule has 2 aromatic rings. The number of aryl methyl sites for hydroxylation is 2. The maximum atomic E-state index is 5.26. The van der Waals surface area contributed by atoms with Gasteiger partial charge in [0.1, 0.15) is 5.82 Å². The highest BCUT2D eigenvalue weighted by atomic mass is 79.9. The van der Waals surface area contributed by atoms with Crippen molar-refractivity contribution in [1.82, 2.24) is 10.3 Å². The van der Waals surface area contributed by atoms with Crippen molar-refractivity contribution in [3.8, 4) is 0 Å². The Hall–Kier alpha value is -1.46. The Bertz CT molecular complexity index is 611. The fraction of sp³-hybridized carbons (Fsp3) is 0.200. The molecule has 0 spiro atoms. The summed E-state index contributed by atoms with van der Waals surface area (Å²) in [6.45, 7) is 4.78. The molecule has 0 aliphatic carbocycles. The van der Waals surface area contributed by atoms with Crippen LogP contribution in [-0.4, -0.2) is 10.1 Å². The standard InChI is InChI=1S/C15H16BrN3S/c1-10-3-5-12(6-4-10)8-18-15(20)19-14-7-11(2)13(16)9-17-14/h3-7,9H,8H2,1-2H3,(H2,17,18,19,20). The second kappa shape index (κ2) is 6.81. The van der Waals surface area contributed by atoms with E-state index in [1.807, 2.05) is 13.0 Å². The highest BCUT2D eigenvalue weighted by Crippen LogP contribution is 2.17. The van der Waals surface area contributed by atoms with Gasteiger partial charge in [0.15, 0.2) is 5.11 Å². The molecule has 0 aliphatic heterocycles. The highest BCUT2D eigenvalue weighted by molar-refractivity contribution is 9.10. The van der Waals surface area contributed by atoms with Gasteiger partial charge >= 0.3 is 0 Å². The molecule has 104 valence electrons. The van der Waals surface area contributed by atoms with Gasteiger partial charge in [-0.25, -0.2) is 4.98 Å². The van der Waals surface area contributed by atoms with Crippen molar-refractivity contribution >= 4 is 39.1 Å². The fourth-order valence-corrected chi connectivity index (χ4v) is 2.05. The van der Waals surface area contributed by atoms with E-state index in [-0.39, 0.29) is 0 Å². The van der Waals surface area contributed by atoms with Gasteiger partial charge in [-0.15, -0.1) is 0 Å². The number of nitrogens with zero attached hydrogens (tertiary/aromatic N) is 1. The van der Waals surface area contributed by atoms with Crippen LogP contribution in [0.4, 0.5) is 5.82 Å². The van der Waals surface area contributed by atoms with E-state index < -0.39 is 0 Å². The molecule has 0 saturated heterocycles. The number of pyridine rings is 1. The zero-order valence-electron chi connectivity index (χ0n) is 11.4. The Labute approximate surface area is 132 Å². The average molecular weight is 350 g/mol. The van der Waals surface area contributed by atoms with Crippen molar-refractivity contribution in [2.75, 3.05) is 5.32 Å². The first-order chi connectivity index (χ1) is 9.54. The zero-order chi connectivity index (χ0) is 14.5. The molecule has 5 heteroatoms. The molecule has 0 radical (unpaired) electrons. The molecule has 0 atom stereocenters. The summed E-state index contributed by atoms with van der Waals surface area (Å²) in [6, 6.07) is 10.3. The van der Waals surface area contributed by atoms with Gasteiger partial charge in [0.25, 0.3) is 0 Å². The summed E-state index contributed by atoms with van der Waals surface area (Å²) in [6.07, 6.45) is 1.76. The van der Waals surface area contributed by atoms with Crippen LogP contribution in [-0.2, 0) is 6.54 Å². The maximum Gasteiger partial charge on any atom is 0.172 e. The summed E-state index contributed by atoms with van der Waals surface area (Å²) in [5.74, 6) is 0.743. The molecule has 20 heavy (non-hydrogen) atoms. The molecule has 1 heterocycles. The van der Waals surface area contributed by atoms with Gasteiger partial charge in [-0.05, 0) is 59.2 Å². The normalized spacial score (nSPS) is 10.2. The molecular formula is C15H16BrN3S. The van der Waals surface area contributed by atoms with E-state index in [4.69, 9.17) is 12.2 Å². The lowest BCUT2D eigenvalue weighted by molar-refractivity contribution is 0.924. The smallest absolute Gasteiger partial charge is 0.172 e. The van der Waals surface area contributed by atoms with Gasteiger partial charge in [-0.3, -0.25) is 0 Å². The predicted octanol–water partition coefficient (Wildman–Crippen LogP) is 3.95. The van der Waals surface area contributed by atoms with Gasteiger partial charge in [-0.1, -0.05) is 29.8 Å². The number of hydrogen-bond donors (Lipinski definition) is 2. The molecule has 0 saturated carbocycles. The van der Waals surface area contributed by atoms with Crippen LogP contribution in [0, 0.1) is 13.8 Å². The Morgan fingerprint density at radius 3 is 2.60 bits per heavy atom. The van der Waals surface area contributed by atoms with Gasteiger partial charge < -0.3 is 10.6 Å². The first-order valence-corrected chi connectivity index (χ1v) is 7.47. The number of thiocarbonyl (C=S) groups is 1. The van der Waals surface area contributed by atoms with Gasteiger partial charge in [0.2, 0.25) is 0 Å². The van der Waals surface area contributed by atoms with Crippen LogP contribution in [0.25, 0.3) is 0 Å². The van der Waals surface area contributed by atoms with Crippen LogP contribution in [0.2, 0.25) is 0 Å². The number of halogens is 1. The third-order valence-corrected chi connectivity index (χ3v) is 3.94. The number of anilines is 1. The quantitative estimate of drug-likeness (QED) is 0.822. The van der Waals surface area contributed by atoms with Crippen molar-refractivity contribution in [3.63, 3.8) is 0 Å². The molecule has 1 aromatic carbocycles. The van der Waals surface area contributed by atoms with Crippen molar-refractivity contribution in [2.45, 2.75) is 20.4 Å². The van der Waals surface area contributed by atoms with Crippen LogP contribution < -0.4 is 10.6 Å². The van der Waals surface area contributed by atoms with E-state index in [1.54, 1.807) is 6.20 Å². The van der Waals surface area contributed by atoms with E-state index >= 15 is 0 Å². The van der Waals surface area contributed by atoms with Crippen LogP contribution in [0.5, 0.6) is 0 Å². The van der Waals surface area contributed by atoms with Crippen molar-refractivity contribution in [2.24, 2.45) is 0 Å². The maximum absolute atomic E-state index is 5.26. The SMILES string of the molecule is Cc1ccc(CNC(=S)Nc2cc(C)c(Br)cn2)cc1. The van der Waals surface area contributed by atoms with Crippen molar-refractivity contribution in [3.05, 3.63) is 57.7 Å². The molecular weight excluding hydrogens is 334 g/mol. The van der Waals surface area contributed by atoms with E-state index in [0.29, 0.717) is 11.7 Å². The number of rotatable bonds is 3. The minimum atomic E-state index is 0.569. The second-order valence-corrected chi connectivity index (χ2v) is 5.87. The number of aromatic nitrogens is 1. The summed E-state index contributed by atoms with van der Waals surface area (Å²) < 4.78 is 0.988. The number of hydrogen-bond acceptors (Lipinski definition) is 2. The summed E-state index contributed by atoms with van der Waals surface area (Å²) >= 11 is 8.69. The largest absolute Gasteiger partial charge is 0.358 e. The van der Waals surface area contributed by atoms with E-state index in [9.17, 15) is 0 Å². The second-order valence-electron chi connectivity index (χ2n) is 4.61. The topological polar surface area (TPSA) is 37.0 Å². The first kappa shape index (κ1) is 14.9. The number of benzene rings is 1. The highest BCUT2D eigenvalue weighted by Gasteiger charge is 2.01. The lowest BCUT2D eigenvalue weighted by atomic mass is 10.1. The molecule has 2 N–H and O–H groups in total. The first-order valence-electron chi connectivity index (χ1n) is 6.27. The fourth-order valence-electron chi connectivity index (χ4n) is 1.66. The Kier molecular flexibility index (Phi) is 5.09. The third kappa shape index (κ3) is 4.28. The summed E-state index contributed by atoms with van der Waals surface area (Å²) in [5, 5.41) is 6.82. The minimum Gasteiger partial charge on any atom is -0.358 e. The van der Waals surface area contributed by atoms with Crippen LogP contribution >= 0.6 is 28.1 Å². The Balaban J connectivity index is 1.89. The van der Waals surface area contributed by atoms with E-state index in [1.165, 1.54) is 11.1 Å². The molecule has 0 amide bonds. The molecule has 0 unspecified atom stereocenters. The number of nitrogens with one attached hydrogen (secondary N) is 2. The molecule has 0 bridgehead atoms. The van der Waals surface area contributed by atoms with Crippen molar-refractivity contribution in [1.29, 1.82) is 0 Å². The predicted molar refractivity (Wildman–Crippen MR) is 90.9 cm³/mol. The molecule has 0 aliphatic rings. The minimum absolute atomic E-state index is 0.569. The summed E-state index contributed by atoms with van der Waals surface area (Å²) in [5.41, 5.74) is 3.56. The average Bonchev–Trinajstić information content (AvgIpc) is 2.42. The lowest BCUT2D eigenvalue weighted by Gasteiger charge is -2.11. The molecule has 1 aromatic heterocycles. The van der Waals surface area contributed by atoms with Crippen LogP contribution in [0.1, 0.15) is 16.7 Å².